The van der Waals surface area contributed by atoms with Crippen LogP contribution in [-0.2, 0) is 6.54 Å². The third-order valence-corrected chi connectivity index (χ3v) is 4.02. The summed E-state index contributed by atoms with van der Waals surface area (Å²) in [7, 11) is 1.73. The highest BCUT2D eigenvalue weighted by Gasteiger charge is 2.19. The second-order valence-corrected chi connectivity index (χ2v) is 5.21. The Labute approximate surface area is 111 Å². The summed E-state index contributed by atoms with van der Waals surface area (Å²) in [5.41, 5.74) is 1.36. The fourth-order valence-electron chi connectivity index (χ4n) is 2.95. The fourth-order valence-corrected chi connectivity index (χ4v) is 2.95. The van der Waals surface area contributed by atoms with E-state index < -0.39 is 0 Å². The average Bonchev–Trinajstić information content (AvgIpc) is 2.46. The topological polar surface area (TPSA) is 12.5 Å². The van der Waals surface area contributed by atoms with Gasteiger partial charge in [0, 0.05) is 12.6 Å². The van der Waals surface area contributed by atoms with E-state index in [0.717, 1.165) is 24.9 Å². The van der Waals surface area contributed by atoms with Gasteiger partial charge < -0.3 is 4.74 Å². The van der Waals surface area contributed by atoms with Crippen molar-refractivity contribution in [3.63, 3.8) is 0 Å². The molecule has 0 amide bonds. The maximum Gasteiger partial charge on any atom is 0.119 e. The zero-order valence-corrected chi connectivity index (χ0v) is 11.7. The molecule has 0 unspecified atom stereocenters. The second-order valence-electron chi connectivity index (χ2n) is 5.21. The Bertz CT molecular complexity index is 358. The van der Waals surface area contributed by atoms with E-state index in [1.807, 2.05) is 6.07 Å². The molecule has 0 bridgehead atoms. The standard InChI is InChI=1S/C16H25NO/c1-3-17(15-9-5-4-6-10-15)13-14-8-7-11-16(12-14)18-2/h7-8,11-12,15H,3-6,9-10,13H2,1-2H3. The molecule has 1 aliphatic rings. The molecule has 0 atom stereocenters. The summed E-state index contributed by atoms with van der Waals surface area (Å²) in [6.45, 7) is 4.47. The number of benzene rings is 1. The van der Waals surface area contributed by atoms with Crippen LogP contribution in [0.2, 0.25) is 0 Å². The largest absolute Gasteiger partial charge is 0.497 e. The lowest BCUT2D eigenvalue weighted by molar-refractivity contribution is 0.156. The van der Waals surface area contributed by atoms with Gasteiger partial charge in [-0.2, -0.15) is 0 Å². The van der Waals surface area contributed by atoms with Crippen LogP contribution in [0.4, 0.5) is 0 Å². The molecule has 18 heavy (non-hydrogen) atoms. The first kappa shape index (κ1) is 13.4. The number of hydrogen-bond donors (Lipinski definition) is 0. The maximum absolute atomic E-state index is 5.30. The predicted octanol–water partition coefficient (Wildman–Crippen LogP) is 3.85. The monoisotopic (exact) mass is 247 g/mol. The van der Waals surface area contributed by atoms with E-state index in [1.165, 1.54) is 37.7 Å². The summed E-state index contributed by atoms with van der Waals surface area (Å²) in [4.78, 5) is 2.62. The molecule has 0 aromatic heterocycles. The van der Waals surface area contributed by atoms with Crippen LogP contribution in [0, 0.1) is 0 Å². The van der Waals surface area contributed by atoms with Crippen molar-refractivity contribution < 1.29 is 4.74 Å². The molecule has 2 heteroatoms. The Morgan fingerprint density at radius 3 is 2.67 bits per heavy atom. The first-order valence-corrected chi connectivity index (χ1v) is 7.20. The Morgan fingerprint density at radius 2 is 2.00 bits per heavy atom. The summed E-state index contributed by atoms with van der Waals surface area (Å²) in [6.07, 6.45) is 6.97. The van der Waals surface area contributed by atoms with Crippen molar-refractivity contribution in [2.24, 2.45) is 0 Å². The predicted molar refractivity (Wildman–Crippen MR) is 76.0 cm³/mol. The highest BCUT2D eigenvalue weighted by Crippen LogP contribution is 2.24. The normalized spacial score (nSPS) is 17.1. The number of rotatable bonds is 5. The molecule has 0 N–H and O–H groups in total. The number of ether oxygens (including phenoxy) is 1. The van der Waals surface area contributed by atoms with Crippen LogP contribution in [-0.4, -0.2) is 24.6 Å². The lowest BCUT2D eigenvalue weighted by Crippen LogP contribution is -2.36. The molecule has 0 radical (unpaired) electrons. The lowest BCUT2D eigenvalue weighted by atomic mass is 9.94. The smallest absolute Gasteiger partial charge is 0.119 e. The zero-order chi connectivity index (χ0) is 12.8. The zero-order valence-electron chi connectivity index (χ0n) is 11.7. The first-order valence-electron chi connectivity index (χ1n) is 7.20. The van der Waals surface area contributed by atoms with Crippen molar-refractivity contribution in [1.82, 2.24) is 4.90 Å². The number of hydrogen-bond acceptors (Lipinski definition) is 2. The molecule has 0 saturated heterocycles. The summed E-state index contributed by atoms with van der Waals surface area (Å²) in [5, 5.41) is 0. The van der Waals surface area contributed by atoms with Gasteiger partial charge in [0.25, 0.3) is 0 Å². The summed E-state index contributed by atoms with van der Waals surface area (Å²) in [5.74, 6) is 0.965. The maximum atomic E-state index is 5.30. The van der Waals surface area contributed by atoms with Crippen LogP contribution in [0.25, 0.3) is 0 Å². The van der Waals surface area contributed by atoms with Crippen LogP contribution in [0.5, 0.6) is 5.75 Å². The summed E-state index contributed by atoms with van der Waals surface area (Å²) >= 11 is 0. The minimum Gasteiger partial charge on any atom is -0.497 e. The minimum absolute atomic E-state index is 0.787. The molecular weight excluding hydrogens is 222 g/mol. The Kier molecular flexibility index (Phi) is 5.06. The van der Waals surface area contributed by atoms with E-state index in [0.29, 0.717) is 0 Å². The van der Waals surface area contributed by atoms with Gasteiger partial charge in [0.05, 0.1) is 7.11 Å². The van der Waals surface area contributed by atoms with Crippen LogP contribution in [0.1, 0.15) is 44.6 Å². The van der Waals surface area contributed by atoms with Gasteiger partial charge in [-0.3, -0.25) is 4.90 Å². The number of nitrogens with zero attached hydrogens (tertiary/aromatic N) is 1. The SMILES string of the molecule is CCN(Cc1cccc(OC)c1)C1CCCCC1. The van der Waals surface area contributed by atoms with E-state index >= 15 is 0 Å². The molecular formula is C16H25NO. The number of methoxy groups -OCH3 is 1. The third kappa shape index (κ3) is 3.49. The van der Waals surface area contributed by atoms with Gasteiger partial charge in [-0.15, -0.1) is 0 Å². The third-order valence-electron chi connectivity index (χ3n) is 4.02. The van der Waals surface area contributed by atoms with Gasteiger partial charge in [-0.1, -0.05) is 38.3 Å². The van der Waals surface area contributed by atoms with E-state index in [1.54, 1.807) is 7.11 Å². The van der Waals surface area contributed by atoms with Gasteiger partial charge in [0.15, 0.2) is 0 Å². The quantitative estimate of drug-likeness (QED) is 0.783. The van der Waals surface area contributed by atoms with Gasteiger partial charge >= 0.3 is 0 Å². The Balaban J connectivity index is 1.99. The van der Waals surface area contributed by atoms with Crippen molar-refractivity contribution in [2.45, 2.75) is 51.6 Å². The molecule has 1 saturated carbocycles. The van der Waals surface area contributed by atoms with Crippen molar-refractivity contribution in [1.29, 1.82) is 0 Å². The van der Waals surface area contributed by atoms with Crippen LogP contribution < -0.4 is 4.74 Å². The molecule has 1 fully saturated rings. The molecule has 1 aromatic carbocycles. The highest BCUT2D eigenvalue weighted by molar-refractivity contribution is 5.28. The Morgan fingerprint density at radius 1 is 1.22 bits per heavy atom. The van der Waals surface area contributed by atoms with E-state index in [2.05, 4.69) is 30.0 Å². The molecule has 1 aromatic rings. The van der Waals surface area contributed by atoms with Crippen molar-refractivity contribution in [2.75, 3.05) is 13.7 Å². The van der Waals surface area contributed by atoms with Crippen LogP contribution >= 0.6 is 0 Å². The van der Waals surface area contributed by atoms with Crippen molar-refractivity contribution in [3.8, 4) is 5.75 Å². The van der Waals surface area contributed by atoms with E-state index in [-0.39, 0.29) is 0 Å². The lowest BCUT2D eigenvalue weighted by Gasteiger charge is -2.33. The molecule has 1 aliphatic carbocycles. The molecule has 0 spiro atoms. The summed E-state index contributed by atoms with van der Waals surface area (Å²) in [6, 6.07) is 9.25. The molecule has 0 aliphatic heterocycles. The summed E-state index contributed by atoms with van der Waals surface area (Å²) < 4.78 is 5.30. The van der Waals surface area contributed by atoms with Gasteiger partial charge in [-0.05, 0) is 37.1 Å². The van der Waals surface area contributed by atoms with Crippen molar-refractivity contribution in [3.05, 3.63) is 29.8 Å². The molecule has 100 valence electrons. The average molecular weight is 247 g/mol. The Hall–Kier alpha value is -1.02. The highest BCUT2D eigenvalue weighted by atomic mass is 16.5. The molecule has 2 nitrogen and oxygen atoms in total. The van der Waals surface area contributed by atoms with E-state index in [9.17, 15) is 0 Å². The molecule has 0 heterocycles. The minimum atomic E-state index is 0.787. The fraction of sp³-hybridized carbons (Fsp3) is 0.625. The van der Waals surface area contributed by atoms with Crippen LogP contribution in [0.15, 0.2) is 24.3 Å². The van der Waals surface area contributed by atoms with Gasteiger partial charge in [0.2, 0.25) is 0 Å². The van der Waals surface area contributed by atoms with Gasteiger partial charge in [0.1, 0.15) is 5.75 Å². The second kappa shape index (κ2) is 6.79. The van der Waals surface area contributed by atoms with Crippen molar-refractivity contribution >= 4 is 0 Å². The van der Waals surface area contributed by atoms with Gasteiger partial charge in [-0.25, -0.2) is 0 Å². The van der Waals surface area contributed by atoms with E-state index in [4.69, 9.17) is 4.74 Å². The molecule has 2 rings (SSSR count). The van der Waals surface area contributed by atoms with Crippen LogP contribution in [0.3, 0.4) is 0 Å². The first-order chi connectivity index (χ1) is 8.83.